The molecular formula is C15H19NO6. The molecule has 1 aromatic carbocycles. The maximum atomic E-state index is 12.0. The molecule has 0 radical (unpaired) electrons. The third-order valence-corrected chi connectivity index (χ3v) is 3.91. The van der Waals surface area contributed by atoms with E-state index in [9.17, 15) is 14.9 Å². The molecule has 1 unspecified atom stereocenters. The second-order valence-electron chi connectivity index (χ2n) is 5.03. The molecule has 22 heavy (non-hydrogen) atoms. The first-order chi connectivity index (χ1) is 10.5. The lowest BCUT2D eigenvalue weighted by Crippen LogP contribution is -2.32. The average Bonchev–Trinajstić information content (AvgIpc) is 2.94. The second-order valence-corrected chi connectivity index (χ2v) is 5.03. The van der Waals surface area contributed by atoms with Gasteiger partial charge in [-0.2, -0.15) is 0 Å². The summed E-state index contributed by atoms with van der Waals surface area (Å²) in [6, 6.07) is 6.18. The van der Waals surface area contributed by atoms with Crippen LogP contribution in [-0.4, -0.2) is 29.9 Å². The van der Waals surface area contributed by atoms with Gasteiger partial charge in [0.2, 0.25) is 0 Å². The number of carbonyl (C=O) groups excluding carboxylic acids is 1. The highest BCUT2D eigenvalue weighted by atomic mass is 16.8. The molecule has 0 amide bonds. The smallest absolute Gasteiger partial charge is 0.338 e. The van der Waals surface area contributed by atoms with Crippen LogP contribution in [0, 0.1) is 10.1 Å². The molecule has 0 spiro atoms. The van der Waals surface area contributed by atoms with Crippen molar-refractivity contribution in [3.8, 4) is 0 Å². The topological polar surface area (TPSA) is 87.9 Å². The van der Waals surface area contributed by atoms with Crippen LogP contribution in [0.4, 0.5) is 5.69 Å². The molecule has 1 fully saturated rings. The second kappa shape index (κ2) is 6.41. The van der Waals surface area contributed by atoms with Gasteiger partial charge < -0.3 is 14.2 Å². The number of hydrogen-bond donors (Lipinski definition) is 0. The van der Waals surface area contributed by atoms with E-state index in [0.29, 0.717) is 18.4 Å². The van der Waals surface area contributed by atoms with E-state index in [1.165, 1.54) is 13.2 Å². The molecule has 120 valence electrons. The van der Waals surface area contributed by atoms with Gasteiger partial charge in [-0.15, -0.1) is 0 Å². The Balaban J connectivity index is 2.47. The van der Waals surface area contributed by atoms with Crippen molar-refractivity contribution < 1.29 is 23.9 Å². The normalized spacial score (nSPS) is 23.2. The van der Waals surface area contributed by atoms with Crippen LogP contribution in [-0.2, 0) is 19.0 Å². The van der Waals surface area contributed by atoms with Crippen molar-refractivity contribution in [1.82, 2.24) is 0 Å². The SMILES string of the molecule is CCC1(CC)OC(c2ccccc2[N+](=O)[O-])[C@H](C(=O)OC)O1. The van der Waals surface area contributed by atoms with Crippen LogP contribution in [0.25, 0.3) is 0 Å². The van der Waals surface area contributed by atoms with Crippen LogP contribution >= 0.6 is 0 Å². The van der Waals surface area contributed by atoms with Crippen molar-refractivity contribution in [3.05, 3.63) is 39.9 Å². The Morgan fingerprint density at radius 1 is 1.32 bits per heavy atom. The van der Waals surface area contributed by atoms with Gasteiger partial charge in [-0.05, 0) is 18.9 Å². The molecule has 7 nitrogen and oxygen atoms in total. The van der Waals surface area contributed by atoms with Crippen LogP contribution in [0.15, 0.2) is 24.3 Å². The quantitative estimate of drug-likeness (QED) is 0.472. The minimum absolute atomic E-state index is 0.104. The summed E-state index contributed by atoms with van der Waals surface area (Å²) < 4.78 is 16.5. The Morgan fingerprint density at radius 2 is 1.95 bits per heavy atom. The minimum atomic E-state index is -1.02. The van der Waals surface area contributed by atoms with Gasteiger partial charge in [0.05, 0.1) is 17.6 Å². The van der Waals surface area contributed by atoms with Crippen LogP contribution in [0.5, 0.6) is 0 Å². The number of benzene rings is 1. The summed E-state index contributed by atoms with van der Waals surface area (Å²) in [5.74, 6) is -1.54. The molecule has 0 aliphatic carbocycles. The maximum absolute atomic E-state index is 12.0. The first-order valence-electron chi connectivity index (χ1n) is 7.14. The summed E-state index contributed by atoms with van der Waals surface area (Å²) in [5.41, 5.74) is 0.208. The minimum Gasteiger partial charge on any atom is -0.467 e. The zero-order chi connectivity index (χ0) is 16.3. The fraction of sp³-hybridized carbons (Fsp3) is 0.533. The maximum Gasteiger partial charge on any atom is 0.338 e. The predicted molar refractivity (Wildman–Crippen MR) is 77.1 cm³/mol. The van der Waals surface area contributed by atoms with Gasteiger partial charge in [-0.1, -0.05) is 26.0 Å². The molecule has 0 bridgehead atoms. The first-order valence-corrected chi connectivity index (χ1v) is 7.14. The van der Waals surface area contributed by atoms with Gasteiger partial charge in [-0.3, -0.25) is 10.1 Å². The Morgan fingerprint density at radius 3 is 2.50 bits per heavy atom. The predicted octanol–water partition coefficient (Wildman–Crippen LogP) is 2.74. The standard InChI is InChI=1S/C15H19NO6/c1-4-15(5-2)21-12(13(22-15)14(17)20-3)10-8-6-7-9-11(10)16(18)19/h6-9,12-13H,4-5H2,1-3H3/t12?,13-/m1/s1. The molecule has 1 heterocycles. The van der Waals surface area contributed by atoms with Gasteiger partial charge in [0.25, 0.3) is 5.69 Å². The molecule has 1 saturated heterocycles. The molecule has 7 heteroatoms. The summed E-state index contributed by atoms with van der Waals surface area (Å²) in [6.07, 6.45) is -0.845. The lowest BCUT2D eigenvalue weighted by atomic mass is 10.0. The first kappa shape index (κ1) is 16.4. The van der Waals surface area contributed by atoms with Gasteiger partial charge in [0.1, 0.15) is 6.10 Å². The Labute approximate surface area is 128 Å². The van der Waals surface area contributed by atoms with E-state index in [2.05, 4.69) is 0 Å². The van der Waals surface area contributed by atoms with Crippen molar-refractivity contribution in [3.63, 3.8) is 0 Å². The highest BCUT2D eigenvalue weighted by molar-refractivity contribution is 5.76. The fourth-order valence-corrected chi connectivity index (χ4v) is 2.61. The van der Waals surface area contributed by atoms with E-state index in [0.717, 1.165) is 0 Å². The molecule has 0 saturated carbocycles. The van der Waals surface area contributed by atoms with E-state index >= 15 is 0 Å². The number of rotatable bonds is 5. The number of methoxy groups -OCH3 is 1. The Bertz CT molecular complexity index is 569. The molecule has 1 aliphatic rings. The number of para-hydroxylation sites is 1. The van der Waals surface area contributed by atoms with Crippen LogP contribution in [0.2, 0.25) is 0 Å². The zero-order valence-electron chi connectivity index (χ0n) is 12.8. The van der Waals surface area contributed by atoms with Crippen LogP contribution in [0.1, 0.15) is 38.4 Å². The Hall–Kier alpha value is -1.99. The zero-order valence-corrected chi connectivity index (χ0v) is 12.8. The largest absolute Gasteiger partial charge is 0.467 e. The summed E-state index contributed by atoms with van der Waals surface area (Å²) in [7, 11) is 1.25. The molecule has 1 aromatic rings. The number of ether oxygens (including phenoxy) is 3. The third kappa shape index (κ3) is 2.82. The van der Waals surface area contributed by atoms with Crippen molar-refractivity contribution in [2.45, 2.75) is 44.7 Å². The number of hydrogen-bond acceptors (Lipinski definition) is 6. The van der Waals surface area contributed by atoms with Crippen molar-refractivity contribution in [1.29, 1.82) is 0 Å². The van der Waals surface area contributed by atoms with Crippen molar-refractivity contribution >= 4 is 11.7 Å². The van der Waals surface area contributed by atoms with E-state index in [4.69, 9.17) is 14.2 Å². The van der Waals surface area contributed by atoms with Gasteiger partial charge in [0, 0.05) is 6.07 Å². The lowest BCUT2D eigenvalue weighted by molar-refractivity contribution is -0.386. The van der Waals surface area contributed by atoms with Crippen LogP contribution < -0.4 is 0 Å². The van der Waals surface area contributed by atoms with Gasteiger partial charge in [0.15, 0.2) is 11.9 Å². The average molecular weight is 309 g/mol. The van der Waals surface area contributed by atoms with Gasteiger partial charge >= 0.3 is 5.97 Å². The highest BCUT2D eigenvalue weighted by Crippen LogP contribution is 2.44. The molecule has 2 rings (SSSR count). The number of nitro benzene ring substituents is 1. The summed E-state index contributed by atoms with van der Waals surface area (Å²) in [6.45, 7) is 3.75. The van der Waals surface area contributed by atoms with Crippen molar-refractivity contribution in [2.75, 3.05) is 7.11 Å². The monoisotopic (exact) mass is 309 g/mol. The lowest BCUT2D eigenvalue weighted by Gasteiger charge is -2.24. The highest BCUT2D eigenvalue weighted by Gasteiger charge is 2.51. The fourth-order valence-electron chi connectivity index (χ4n) is 2.61. The molecule has 1 aliphatic heterocycles. The van der Waals surface area contributed by atoms with E-state index in [1.54, 1.807) is 18.2 Å². The molecule has 0 N–H and O–H groups in total. The number of nitrogens with zero attached hydrogens (tertiary/aromatic N) is 1. The van der Waals surface area contributed by atoms with Crippen molar-refractivity contribution in [2.24, 2.45) is 0 Å². The van der Waals surface area contributed by atoms with E-state index < -0.39 is 28.9 Å². The number of carbonyl (C=O) groups is 1. The van der Waals surface area contributed by atoms with E-state index in [-0.39, 0.29) is 5.69 Å². The van der Waals surface area contributed by atoms with E-state index in [1.807, 2.05) is 13.8 Å². The van der Waals surface area contributed by atoms with Crippen LogP contribution in [0.3, 0.4) is 0 Å². The third-order valence-electron chi connectivity index (χ3n) is 3.91. The molecule has 0 aromatic heterocycles. The Kier molecular flexibility index (Phi) is 4.77. The number of nitro groups is 1. The molecular weight excluding hydrogens is 290 g/mol. The summed E-state index contributed by atoms with van der Waals surface area (Å²) >= 11 is 0. The molecule has 2 atom stereocenters. The number of esters is 1. The summed E-state index contributed by atoms with van der Waals surface area (Å²) in [4.78, 5) is 22.7. The van der Waals surface area contributed by atoms with Gasteiger partial charge in [-0.25, -0.2) is 4.79 Å². The summed E-state index contributed by atoms with van der Waals surface area (Å²) in [5, 5.41) is 11.2.